The summed E-state index contributed by atoms with van der Waals surface area (Å²) in [6.07, 6.45) is -3.78. The van der Waals surface area contributed by atoms with Crippen LogP contribution in [0.15, 0.2) is 35.5 Å². The number of carbonyl (C=O) groups is 1. The average molecular weight is 511 g/mol. The molecule has 1 aromatic carbocycles. The minimum absolute atomic E-state index is 0.0249. The molecule has 1 amide bonds. The maximum Gasteiger partial charge on any atom is 0.417 e. The molecule has 188 valence electrons. The van der Waals surface area contributed by atoms with Gasteiger partial charge < -0.3 is 15.8 Å². The molecule has 0 saturated heterocycles. The molecule has 0 radical (unpaired) electrons. The van der Waals surface area contributed by atoms with Crippen molar-refractivity contribution in [2.24, 2.45) is 10.7 Å². The monoisotopic (exact) mass is 510 g/mol. The number of ether oxygens (including phenoxy) is 1. The predicted octanol–water partition coefficient (Wildman–Crippen LogP) is 3.59. The van der Waals surface area contributed by atoms with Crippen LogP contribution in [0, 0.1) is 6.92 Å². The van der Waals surface area contributed by atoms with E-state index in [1.54, 1.807) is 25.1 Å². The molecule has 1 aromatic heterocycles. The number of nitrogens with zero attached hydrogens (tertiary/aromatic N) is 2. The summed E-state index contributed by atoms with van der Waals surface area (Å²) < 4.78 is 70.2. The van der Waals surface area contributed by atoms with Crippen molar-refractivity contribution in [2.45, 2.75) is 55.8 Å². The van der Waals surface area contributed by atoms with E-state index >= 15 is 0 Å². The molecule has 2 aromatic rings. The van der Waals surface area contributed by atoms with Crippen LogP contribution in [0.25, 0.3) is 0 Å². The molecule has 3 heterocycles. The fourth-order valence-corrected chi connectivity index (χ4v) is 6.73. The number of pyridine rings is 1. The van der Waals surface area contributed by atoms with Gasteiger partial charge in [0, 0.05) is 23.9 Å². The molecule has 2 aliphatic heterocycles. The summed E-state index contributed by atoms with van der Waals surface area (Å²) in [6, 6.07) is 5.54. The first-order chi connectivity index (χ1) is 16.1. The summed E-state index contributed by atoms with van der Waals surface area (Å²) in [7, 11) is -3.76. The number of benzene rings is 1. The zero-order valence-corrected chi connectivity index (χ0v) is 20.3. The van der Waals surface area contributed by atoms with Crippen molar-refractivity contribution in [1.29, 1.82) is 0 Å². The molecule has 0 fully saturated rings. The molecule has 0 unspecified atom stereocenters. The van der Waals surface area contributed by atoms with Crippen molar-refractivity contribution in [3.8, 4) is 5.75 Å². The lowest BCUT2D eigenvalue weighted by atomic mass is 9.86. The third-order valence-corrected chi connectivity index (χ3v) is 9.80. The number of amides is 1. The summed E-state index contributed by atoms with van der Waals surface area (Å²) in [4.78, 5) is 21.1. The summed E-state index contributed by atoms with van der Waals surface area (Å²) in [5.74, 6) is -0.334. The third kappa shape index (κ3) is 3.93. The first kappa shape index (κ1) is 25.0. The van der Waals surface area contributed by atoms with Crippen molar-refractivity contribution in [3.63, 3.8) is 0 Å². The highest BCUT2D eigenvalue weighted by Crippen LogP contribution is 2.48. The number of fused-ring (bicyclic) bond motifs is 3. The fourth-order valence-electron chi connectivity index (χ4n) is 4.49. The molecule has 12 heteroatoms. The van der Waals surface area contributed by atoms with Gasteiger partial charge in [0.1, 0.15) is 27.6 Å². The smallest absolute Gasteiger partial charge is 0.417 e. The lowest BCUT2D eigenvalue weighted by Gasteiger charge is -2.43. The van der Waals surface area contributed by atoms with Crippen LogP contribution in [0.1, 0.15) is 54.4 Å². The van der Waals surface area contributed by atoms with Crippen LogP contribution in [-0.4, -0.2) is 41.7 Å². The maximum atomic E-state index is 13.5. The van der Waals surface area contributed by atoms with Crippen LogP contribution < -0.4 is 15.8 Å². The first-order valence-electron chi connectivity index (χ1n) is 10.8. The molecular formula is C23H25F3N4O4S. The van der Waals surface area contributed by atoms with Gasteiger partial charge in [0.25, 0.3) is 5.91 Å². The highest BCUT2D eigenvalue weighted by atomic mass is 32.2. The minimum Gasteiger partial charge on any atom is -0.493 e. The zero-order chi connectivity index (χ0) is 26.0. The Balaban J connectivity index is 1.74. The molecule has 3 N–H and O–H groups in total. The van der Waals surface area contributed by atoms with Crippen LogP contribution in [0.4, 0.5) is 18.9 Å². The number of hydrogen-bond acceptors (Lipinski definition) is 7. The Labute approximate surface area is 200 Å². The predicted molar refractivity (Wildman–Crippen MR) is 124 cm³/mol. The second kappa shape index (κ2) is 7.94. The fraction of sp³-hybridized carbons (Fsp3) is 0.435. The SMILES string of the molecule is Cc1cc(C(F)(F)F)cnc1C(=O)Nc1ccc2c(c1)[C@@]1(C)N=C(N)C(C)(C)S(=O)(=O)[C@@H]1CCO2. The van der Waals surface area contributed by atoms with E-state index in [0.29, 0.717) is 17.5 Å². The van der Waals surface area contributed by atoms with Gasteiger partial charge in [-0.25, -0.2) is 8.42 Å². The third-order valence-electron chi connectivity index (χ3n) is 6.72. The molecule has 2 aliphatic rings. The second-order valence-electron chi connectivity index (χ2n) is 9.38. The van der Waals surface area contributed by atoms with Gasteiger partial charge in [-0.3, -0.25) is 14.8 Å². The van der Waals surface area contributed by atoms with Crippen molar-refractivity contribution in [2.75, 3.05) is 11.9 Å². The zero-order valence-electron chi connectivity index (χ0n) is 19.5. The second-order valence-corrected chi connectivity index (χ2v) is 12.1. The van der Waals surface area contributed by atoms with Crippen molar-refractivity contribution in [3.05, 3.63) is 52.8 Å². The molecule has 0 aliphatic carbocycles. The standard InChI is InChI=1S/C23H25F3N4O4S/c1-12-9-13(23(24,25)26)11-28-18(12)19(31)29-14-5-6-16-15(10-14)22(4)17(7-8-34-16)35(32,33)21(2,3)20(27)30-22/h5-6,9-11,17H,7-8H2,1-4H3,(H2,27,30)(H,29,31)/t17-,22-/m1/s1. The van der Waals surface area contributed by atoms with E-state index in [1.165, 1.54) is 20.8 Å². The van der Waals surface area contributed by atoms with Gasteiger partial charge >= 0.3 is 6.18 Å². The largest absolute Gasteiger partial charge is 0.493 e. The number of hydrogen-bond donors (Lipinski definition) is 2. The Bertz CT molecular complexity index is 1360. The van der Waals surface area contributed by atoms with Crippen LogP contribution >= 0.6 is 0 Å². The number of nitrogens with one attached hydrogen (secondary N) is 1. The normalized spacial score (nSPS) is 24.8. The molecule has 0 saturated carbocycles. The van der Waals surface area contributed by atoms with Gasteiger partial charge in [-0.1, -0.05) is 0 Å². The average Bonchev–Trinajstić information content (AvgIpc) is 2.89. The van der Waals surface area contributed by atoms with Gasteiger partial charge in [-0.15, -0.1) is 0 Å². The van der Waals surface area contributed by atoms with E-state index in [0.717, 1.165) is 6.07 Å². The number of alkyl halides is 3. The number of carbonyl (C=O) groups excluding carboxylic acids is 1. The number of anilines is 1. The number of nitrogens with two attached hydrogens (primary N) is 1. The number of rotatable bonds is 2. The van der Waals surface area contributed by atoms with Gasteiger partial charge in [0.15, 0.2) is 9.84 Å². The van der Waals surface area contributed by atoms with Gasteiger partial charge in [-0.05, 0) is 57.5 Å². The number of halogens is 3. The molecular weight excluding hydrogens is 485 g/mol. The Kier molecular flexibility index (Phi) is 5.66. The summed E-state index contributed by atoms with van der Waals surface area (Å²) in [6.45, 7) is 6.21. The highest BCUT2D eigenvalue weighted by molar-refractivity contribution is 7.94. The van der Waals surface area contributed by atoms with Crippen molar-refractivity contribution in [1.82, 2.24) is 4.98 Å². The quantitative estimate of drug-likeness (QED) is 0.637. The number of aliphatic imine (C=N–C) groups is 1. The Hall–Kier alpha value is -3.15. The van der Waals surface area contributed by atoms with E-state index in [4.69, 9.17) is 10.5 Å². The van der Waals surface area contributed by atoms with Crippen LogP contribution in [0.3, 0.4) is 0 Å². The Morgan fingerprint density at radius 3 is 2.54 bits per heavy atom. The van der Waals surface area contributed by atoms with Gasteiger partial charge in [0.2, 0.25) is 0 Å². The topological polar surface area (TPSA) is 124 Å². The molecule has 4 rings (SSSR count). The number of aryl methyl sites for hydroxylation is 1. The summed E-state index contributed by atoms with van der Waals surface area (Å²) >= 11 is 0. The van der Waals surface area contributed by atoms with Crippen LogP contribution in [0.2, 0.25) is 0 Å². The minimum atomic E-state index is -4.58. The summed E-state index contributed by atoms with van der Waals surface area (Å²) in [5, 5.41) is 1.71. The molecule has 8 nitrogen and oxygen atoms in total. The molecule has 0 bridgehead atoms. The van der Waals surface area contributed by atoms with E-state index < -0.39 is 43.0 Å². The summed E-state index contributed by atoms with van der Waals surface area (Å²) in [5.41, 5.74) is 4.48. The maximum absolute atomic E-state index is 13.5. The highest BCUT2D eigenvalue weighted by Gasteiger charge is 2.57. The van der Waals surface area contributed by atoms with Crippen molar-refractivity contribution >= 4 is 27.3 Å². The molecule has 2 atom stereocenters. The first-order valence-corrected chi connectivity index (χ1v) is 12.4. The lowest BCUT2D eigenvalue weighted by Crippen LogP contribution is -2.59. The number of sulfone groups is 1. The lowest BCUT2D eigenvalue weighted by molar-refractivity contribution is -0.137. The van der Waals surface area contributed by atoms with E-state index in [1.807, 2.05) is 0 Å². The number of amidine groups is 1. The van der Waals surface area contributed by atoms with Gasteiger partial charge in [0.05, 0.1) is 17.4 Å². The Morgan fingerprint density at radius 2 is 1.91 bits per heavy atom. The van der Waals surface area contributed by atoms with Crippen LogP contribution in [0.5, 0.6) is 5.75 Å². The van der Waals surface area contributed by atoms with E-state index in [-0.39, 0.29) is 35.8 Å². The number of aromatic nitrogens is 1. The van der Waals surface area contributed by atoms with E-state index in [9.17, 15) is 26.4 Å². The van der Waals surface area contributed by atoms with Crippen molar-refractivity contribution < 1.29 is 31.1 Å². The molecule has 0 spiro atoms. The van der Waals surface area contributed by atoms with Crippen LogP contribution in [-0.2, 0) is 21.6 Å². The molecule has 35 heavy (non-hydrogen) atoms. The van der Waals surface area contributed by atoms with E-state index in [2.05, 4.69) is 15.3 Å². The Morgan fingerprint density at radius 1 is 1.23 bits per heavy atom. The van der Waals surface area contributed by atoms with Gasteiger partial charge in [-0.2, -0.15) is 13.2 Å².